The third-order valence-electron chi connectivity index (χ3n) is 3.32. The Labute approximate surface area is 117 Å². The van der Waals surface area contributed by atoms with Crippen LogP contribution in [0.15, 0.2) is 12.7 Å². The lowest BCUT2D eigenvalue weighted by atomic mass is 9.79. The van der Waals surface area contributed by atoms with E-state index in [4.69, 9.17) is 9.47 Å². The summed E-state index contributed by atoms with van der Waals surface area (Å²) in [6, 6.07) is 0. The molecule has 0 heterocycles. The van der Waals surface area contributed by atoms with Crippen LogP contribution in [0.1, 0.15) is 32.6 Å². The van der Waals surface area contributed by atoms with Gasteiger partial charge < -0.3 is 19.4 Å². The monoisotopic (exact) mass is 283 g/mol. The van der Waals surface area contributed by atoms with Crippen LogP contribution < -0.4 is 5.11 Å². The Morgan fingerprint density at radius 1 is 1.30 bits per heavy atom. The van der Waals surface area contributed by atoms with E-state index >= 15 is 0 Å². The molecule has 20 heavy (non-hydrogen) atoms. The van der Waals surface area contributed by atoms with Gasteiger partial charge in [-0.25, -0.2) is 4.79 Å². The first kappa shape index (κ1) is 16.2. The van der Waals surface area contributed by atoms with Crippen molar-refractivity contribution in [3.05, 3.63) is 12.7 Å². The van der Waals surface area contributed by atoms with E-state index in [1.807, 2.05) is 0 Å². The number of carboxylic acids is 1. The van der Waals surface area contributed by atoms with Crippen molar-refractivity contribution in [2.75, 3.05) is 6.61 Å². The van der Waals surface area contributed by atoms with Gasteiger partial charge in [-0.15, -0.1) is 0 Å². The van der Waals surface area contributed by atoms with Gasteiger partial charge in [0.15, 0.2) is 0 Å². The lowest BCUT2D eigenvalue weighted by Crippen LogP contribution is -2.42. The maximum Gasteiger partial charge on any atom is 0.330 e. The normalized spacial score (nSPS) is 23.4. The van der Waals surface area contributed by atoms with Crippen LogP contribution in [-0.4, -0.2) is 30.6 Å². The van der Waals surface area contributed by atoms with Crippen molar-refractivity contribution < 1.29 is 29.0 Å². The summed E-state index contributed by atoms with van der Waals surface area (Å²) >= 11 is 0. The fourth-order valence-electron chi connectivity index (χ4n) is 2.27. The van der Waals surface area contributed by atoms with Crippen LogP contribution in [0.5, 0.6) is 0 Å². The van der Waals surface area contributed by atoms with E-state index in [2.05, 4.69) is 6.58 Å². The molecule has 1 aliphatic rings. The Morgan fingerprint density at radius 2 is 1.90 bits per heavy atom. The molecular weight excluding hydrogens is 264 g/mol. The van der Waals surface area contributed by atoms with Crippen molar-refractivity contribution in [3.8, 4) is 0 Å². The number of hydrogen-bond acceptors (Lipinski definition) is 6. The number of esters is 2. The van der Waals surface area contributed by atoms with Crippen LogP contribution in [0.2, 0.25) is 0 Å². The van der Waals surface area contributed by atoms with Crippen molar-refractivity contribution in [2.45, 2.75) is 38.7 Å². The summed E-state index contributed by atoms with van der Waals surface area (Å²) in [5, 5.41) is 11.0. The van der Waals surface area contributed by atoms with Crippen LogP contribution in [0.25, 0.3) is 0 Å². The van der Waals surface area contributed by atoms with E-state index in [0.29, 0.717) is 12.8 Å². The van der Waals surface area contributed by atoms with Gasteiger partial charge in [-0.2, -0.15) is 0 Å². The van der Waals surface area contributed by atoms with Gasteiger partial charge in [-0.1, -0.05) is 19.4 Å². The van der Waals surface area contributed by atoms with Crippen LogP contribution >= 0.6 is 0 Å². The summed E-state index contributed by atoms with van der Waals surface area (Å²) in [6.07, 6.45) is 2.87. The third kappa shape index (κ3) is 4.68. The van der Waals surface area contributed by atoms with Crippen LogP contribution in [0, 0.1) is 11.8 Å². The molecule has 0 aromatic carbocycles. The minimum absolute atomic E-state index is 0.0840. The van der Waals surface area contributed by atoms with Crippen molar-refractivity contribution in [1.29, 1.82) is 0 Å². The van der Waals surface area contributed by atoms with E-state index in [-0.39, 0.29) is 6.61 Å². The molecule has 3 atom stereocenters. The largest absolute Gasteiger partial charge is 0.550 e. The van der Waals surface area contributed by atoms with E-state index in [1.165, 1.54) is 0 Å². The van der Waals surface area contributed by atoms with Gasteiger partial charge in [0, 0.05) is 18.0 Å². The molecule has 6 nitrogen and oxygen atoms in total. The highest BCUT2D eigenvalue weighted by atomic mass is 16.6. The molecule has 0 aliphatic heterocycles. The second kappa shape index (κ2) is 7.67. The molecule has 1 aliphatic carbocycles. The van der Waals surface area contributed by atoms with Crippen LogP contribution in [0.4, 0.5) is 0 Å². The highest BCUT2D eigenvalue weighted by Crippen LogP contribution is 2.30. The van der Waals surface area contributed by atoms with Crippen molar-refractivity contribution in [1.82, 2.24) is 0 Å². The molecule has 1 saturated carbocycles. The number of carboxylic acid groups (broad SMARTS) is 1. The van der Waals surface area contributed by atoms with Gasteiger partial charge in [0.2, 0.25) is 0 Å². The Balaban J connectivity index is 2.49. The zero-order valence-corrected chi connectivity index (χ0v) is 11.5. The molecule has 0 aromatic heterocycles. The zero-order chi connectivity index (χ0) is 15.1. The number of carbonyl (C=O) groups excluding carboxylic acids is 3. The molecule has 1 rings (SSSR count). The van der Waals surface area contributed by atoms with Crippen LogP contribution in [-0.2, 0) is 23.9 Å². The van der Waals surface area contributed by atoms with Crippen LogP contribution in [0.3, 0.4) is 0 Å². The minimum atomic E-state index is -1.21. The van der Waals surface area contributed by atoms with E-state index in [0.717, 1.165) is 18.9 Å². The van der Waals surface area contributed by atoms with Crippen molar-refractivity contribution in [3.63, 3.8) is 0 Å². The van der Waals surface area contributed by atoms with Crippen molar-refractivity contribution >= 4 is 17.9 Å². The van der Waals surface area contributed by atoms with Gasteiger partial charge in [-0.3, -0.25) is 4.79 Å². The first-order chi connectivity index (χ1) is 9.45. The second-order valence-electron chi connectivity index (χ2n) is 4.90. The van der Waals surface area contributed by atoms with E-state index in [1.54, 1.807) is 6.92 Å². The number of aliphatic carboxylic acids is 1. The molecule has 3 unspecified atom stereocenters. The molecular formula is C14H19O6-. The summed E-state index contributed by atoms with van der Waals surface area (Å²) in [7, 11) is 0. The zero-order valence-electron chi connectivity index (χ0n) is 11.5. The van der Waals surface area contributed by atoms with E-state index < -0.39 is 35.8 Å². The summed E-state index contributed by atoms with van der Waals surface area (Å²) in [5.41, 5.74) is 0. The standard InChI is InChI=1S/C14H20O6/c1-3-12(15)19-8-9(2)20-14(18)11-7-5-4-6-10(11)13(16)17/h3,9-11H,1,4-8H2,2H3,(H,16,17)/p-1. The Bertz CT molecular complexity index is 389. The summed E-state index contributed by atoms with van der Waals surface area (Å²) < 4.78 is 9.88. The van der Waals surface area contributed by atoms with Gasteiger partial charge in [0.1, 0.15) is 12.7 Å². The highest BCUT2D eigenvalue weighted by molar-refractivity contribution is 5.81. The van der Waals surface area contributed by atoms with Gasteiger partial charge >= 0.3 is 11.9 Å². The molecule has 0 saturated heterocycles. The average molecular weight is 283 g/mol. The molecule has 0 N–H and O–H groups in total. The second-order valence-corrected chi connectivity index (χ2v) is 4.90. The summed E-state index contributed by atoms with van der Waals surface area (Å²) in [4.78, 5) is 33.9. The first-order valence-corrected chi connectivity index (χ1v) is 6.66. The predicted octanol–water partition coefficient (Wildman–Crippen LogP) is 0.204. The van der Waals surface area contributed by atoms with E-state index in [9.17, 15) is 19.5 Å². The predicted molar refractivity (Wildman–Crippen MR) is 67.2 cm³/mol. The number of hydrogen-bond donors (Lipinski definition) is 0. The van der Waals surface area contributed by atoms with Crippen molar-refractivity contribution in [2.24, 2.45) is 11.8 Å². The highest BCUT2D eigenvalue weighted by Gasteiger charge is 2.33. The maximum absolute atomic E-state index is 12.0. The fourth-order valence-corrected chi connectivity index (χ4v) is 2.27. The third-order valence-corrected chi connectivity index (χ3v) is 3.32. The smallest absolute Gasteiger partial charge is 0.330 e. The molecule has 0 aromatic rings. The quantitative estimate of drug-likeness (QED) is 0.511. The molecule has 112 valence electrons. The number of rotatable bonds is 6. The molecule has 1 fully saturated rings. The lowest BCUT2D eigenvalue weighted by Gasteiger charge is -2.31. The number of carbonyl (C=O) groups is 3. The summed E-state index contributed by atoms with van der Waals surface area (Å²) in [6.45, 7) is 4.74. The average Bonchev–Trinajstić information content (AvgIpc) is 2.44. The molecule has 0 amide bonds. The van der Waals surface area contributed by atoms with Gasteiger partial charge in [0.05, 0.1) is 5.92 Å². The molecule has 0 bridgehead atoms. The number of ether oxygens (including phenoxy) is 2. The Hall–Kier alpha value is -1.85. The Morgan fingerprint density at radius 3 is 2.45 bits per heavy atom. The molecule has 0 spiro atoms. The minimum Gasteiger partial charge on any atom is -0.550 e. The SMILES string of the molecule is C=CC(=O)OCC(C)OC(=O)C1CCCCC1C(=O)[O-]. The van der Waals surface area contributed by atoms with Gasteiger partial charge in [-0.05, 0) is 19.8 Å². The topological polar surface area (TPSA) is 92.7 Å². The summed E-state index contributed by atoms with van der Waals surface area (Å²) in [5.74, 6) is -3.85. The maximum atomic E-state index is 12.0. The molecule has 0 radical (unpaired) electrons. The molecule has 6 heteroatoms. The van der Waals surface area contributed by atoms with Gasteiger partial charge in [0.25, 0.3) is 0 Å². The first-order valence-electron chi connectivity index (χ1n) is 6.66. The lowest BCUT2D eigenvalue weighted by molar-refractivity contribution is -0.314. The fraction of sp³-hybridized carbons (Fsp3) is 0.643. The Kier molecular flexibility index (Phi) is 6.21.